The van der Waals surface area contributed by atoms with Crippen molar-refractivity contribution in [2.24, 2.45) is 23.7 Å². The van der Waals surface area contributed by atoms with Crippen LogP contribution in [0.4, 0.5) is 0 Å². The third-order valence-electron chi connectivity index (χ3n) is 8.10. The first kappa shape index (κ1) is 19.8. The van der Waals surface area contributed by atoms with E-state index < -0.39 is 0 Å². The van der Waals surface area contributed by atoms with E-state index >= 15 is 0 Å². The summed E-state index contributed by atoms with van der Waals surface area (Å²) in [6.45, 7) is 0. The summed E-state index contributed by atoms with van der Waals surface area (Å²) in [6.07, 6.45) is 32.4. The van der Waals surface area contributed by atoms with Crippen molar-refractivity contribution in [2.75, 3.05) is 0 Å². The molecule has 0 atom stereocenters. The predicted octanol–water partition coefficient (Wildman–Crippen LogP) is 8.68. The summed E-state index contributed by atoms with van der Waals surface area (Å²) in [5.74, 6) is 4.40. The maximum Gasteiger partial charge on any atom is -0.0414 e. The lowest BCUT2D eigenvalue weighted by Gasteiger charge is -2.20. The lowest BCUT2D eigenvalue weighted by atomic mass is 9.86. The van der Waals surface area contributed by atoms with Gasteiger partial charge in [0.05, 0.1) is 0 Å². The highest BCUT2D eigenvalue weighted by Crippen LogP contribution is 2.34. The molecule has 0 spiro atoms. The Hall–Kier alpha value is 0. The maximum absolute atomic E-state index is 1.56. The molecule has 0 nitrogen and oxygen atoms in total. The molecule has 0 aromatic heterocycles. The fourth-order valence-electron chi connectivity index (χ4n) is 6.42. The van der Waals surface area contributed by atoms with Gasteiger partial charge in [0, 0.05) is 0 Å². The zero-order valence-electron chi connectivity index (χ0n) is 17.2. The van der Waals surface area contributed by atoms with Gasteiger partial charge in [0.1, 0.15) is 0 Å². The molecule has 0 aromatic rings. The lowest BCUT2D eigenvalue weighted by molar-refractivity contribution is 0.331. The Morgan fingerprint density at radius 2 is 0.720 bits per heavy atom. The van der Waals surface area contributed by atoms with Crippen LogP contribution >= 0.6 is 0 Å². The van der Waals surface area contributed by atoms with Gasteiger partial charge in [-0.15, -0.1) is 0 Å². The van der Waals surface area contributed by atoms with Crippen molar-refractivity contribution < 1.29 is 0 Å². The molecule has 0 amide bonds. The fraction of sp³-hybridized carbons (Fsp3) is 1.00. The molecule has 3 fully saturated rings. The minimum Gasteiger partial charge on any atom is -0.0530 e. The van der Waals surface area contributed by atoms with Gasteiger partial charge >= 0.3 is 0 Å². The predicted molar refractivity (Wildman–Crippen MR) is 111 cm³/mol. The Balaban J connectivity index is 1.31. The van der Waals surface area contributed by atoms with Crippen LogP contribution in [-0.2, 0) is 0 Å². The van der Waals surface area contributed by atoms with Crippen molar-refractivity contribution in [1.29, 1.82) is 0 Å². The monoisotopic (exact) mass is 346 g/mol. The molecule has 3 rings (SSSR count). The number of hydrogen-bond acceptors (Lipinski definition) is 0. The van der Waals surface area contributed by atoms with Gasteiger partial charge in [0.15, 0.2) is 0 Å². The molecule has 0 N–H and O–H groups in total. The molecule has 0 aliphatic heterocycles. The van der Waals surface area contributed by atoms with E-state index in [1.165, 1.54) is 38.5 Å². The molecular formula is C25H46. The smallest absolute Gasteiger partial charge is 0.0414 e. The standard InChI is InChI=1S/C25H46/c1-2-11-22(10-1)16-7-19-25(20-8-17-23-12-3-4-13-23)21-9-18-24-14-5-6-15-24/h22-25H,1-21H2. The Morgan fingerprint density at radius 1 is 0.440 bits per heavy atom. The van der Waals surface area contributed by atoms with Crippen molar-refractivity contribution in [2.45, 2.75) is 135 Å². The van der Waals surface area contributed by atoms with Crippen LogP contribution in [0, 0.1) is 23.7 Å². The topological polar surface area (TPSA) is 0 Å². The Morgan fingerprint density at radius 3 is 1.00 bits per heavy atom. The molecule has 0 saturated heterocycles. The molecule has 0 unspecified atom stereocenters. The summed E-state index contributed by atoms with van der Waals surface area (Å²) in [7, 11) is 0. The van der Waals surface area contributed by atoms with Gasteiger partial charge in [-0.1, -0.05) is 135 Å². The van der Waals surface area contributed by atoms with Gasteiger partial charge in [-0.3, -0.25) is 0 Å². The molecule has 146 valence electrons. The minimum atomic E-state index is 1.07. The van der Waals surface area contributed by atoms with E-state index in [9.17, 15) is 0 Å². The quantitative estimate of drug-likeness (QED) is 0.331. The fourth-order valence-corrected chi connectivity index (χ4v) is 6.42. The second-order valence-electron chi connectivity index (χ2n) is 10.1. The van der Waals surface area contributed by atoms with Gasteiger partial charge in [0.25, 0.3) is 0 Å². The average molecular weight is 347 g/mol. The SMILES string of the molecule is C1CCC(CCCC(CCCC2CCCC2)CCCC2CCCC2)C1. The molecule has 25 heavy (non-hydrogen) atoms. The van der Waals surface area contributed by atoms with E-state index in [4.69, 9.17) is 0 Å². The molecule has 3 aliphatic carbocycles. The van der Waals surface area contributed by atoms with Crippen LogP contribution < -0.4 is 0 Å². The Kier molecular flexibility index (Phi) is 9.21. The molecule has 0 bridgehead atoms. The third-order valence-corrected chi connectivity index (χ3v) is 8.10. The van der Waals surface area contributed by atoms with E-state index in [0.29, 0.717) is 0 Å². The molecule has 0 heterocycles. The summed E-state index contributed by atoms with van der Waals surface area (Å²) in [5, 5.41) is 0. The summed E-state index contributed by atoms with van der Waals surface area (Å²) < 4.78 is 0. The Labute approximate surface area is 158 Å². The minimum absolute atomic E-state index is 1.07. The van der Waals surface area contributed by atoms with Crippen LogP contribution in [0.2, 0.25) is 0 Å². The highest BCUT2D eigenvalue weighted by atomic mass is 14.2. The Bertz CT molecular complexity index is 263. The van der Waals surface area contributed by atoms with E-state index in [0.717, 1.165) is 23.7 Å². The van der Waals surface area contributed by atoms with Gasteiger partial charge < -0.3 is 0 Å². The van der Waals surface area contributed by atoms with E-state index in [-0.39, 0.29) is 0 Å². The summed E-state index contributed by atoms with van der Waals surface area (Å²) in [4.78, 5) is 0. The first-order valence-electron chi connectivity index (χ1n) is 12.4. The zero-order valence-corrected chi connectivity index (χ0v) is 17.2. The van der Waals surface area contributed by atoms with Crippen molar-refractivity contribution in [1.82, 2.24) is 0 Å². The molecule has 0 aromatic carbocycles. The van der Waals surface area contributed by atoms with Gasteiger partial charge in [-0.25, -0.2) is 0 Å². The number of rotatable bonds is 12. The van der Waals surface area contributed by atoms with Crippen LogP contribution in [0.15, 0.2) is 0 Å². The maximum atomic E-state index is 1.56. The third kappa shape index (κ3) is 7.64. The first-order chi connectivity index (χ1) is 12.4. The van der Waals surface area contributed by atoms with Gasteiger partial charge in [-0.05, 0) is 23.7 Å². The second kappa shape index (κ2) is 11.7. The molecule has 3 aliphatic rings. The normalized spacial score (nSPS) is 23.4. The lowest BCUT2D eigenvalue weighted by Crippen LogP contribution is -2.05. The highest BCUT2D eigenvalue weighted by molar-refractivity contribution is 4.72. The van der Waals surface area contributed by atoms with E-state index in [2.05, 4.69) is 0 Å². The molecule has 0 heteroatoms. The average Bonchev–Trinajstić information content (AvgIpc) is 3.38. The summed E-state index contributed by atoms with van der Waals surface area (Å²) in [6, 6.07) is 0. The van der Waals surface area contributed by atoms with Crippen LogP contribution in [0.1, 0.15) is 135 Å². The zero-order chi connectivity index (χ0) is 17.2. The van der Waals surface area contributed by atoms with E-state index in [1.807, 2.05) is 0 Å². The van der Waals surface area contributed by atoms with Crippen LogP contribution in [0.3, 0.4) is 0 Å². The summed E-state index contributed by atoms with van der Waals surface area (Å²) in [5.41, 5.74) is 0. The molecular weight excluding hydrogens is 300 g/mol. The summed E-state index contributed by atoms with van der Waals surface area (Å²) >= 11 is 0. The van der Waals surface area contributed by atoms with Gasteiger partial charge in [-0.2, -0.15) is 0 Å². The highest BCUT2D eigenvalue weighted by Gasteiger charge is 2.19. The van der Waals surface area contributed by atoms with Crippen molar-refractivity contribution in [3.05, 3.63) is 0 Å². The largest absolute Gasteiger partial charge is 0.0530 e. The number of hydrogen-bond donors (Lipinski definition) is 0. The molecule has 3 saturated carbocycles. The van der Waals surface area contributed by atoms with Crippen LogP contribution in [0.5, 0.6) is 0 Å². The van der Waals surface area contributed by atoms with Crippen LogP contribution in [0.25, 0.3) is 0 Å². The van der Waals surface area contributed by atoms with Crippen molar-refractivity contribution >= 4 is 0 Å². The second-order valence-corrected chi connectivity index (χ2v) is 10.1. The van der Waals surface area contributed by atoms with Crippen molar-refractivity contribution in [3.63, 3.8) is 0 Å². The van der Waals surface area contributed by atoms with Gasteiger partial charge in [0.2, 0.25) is 0 Å². The van der Waals surface area contributed by atoms with Crippen molar-refractivity contribution in [3.8, 4) is 0 Å². The van der Waals surface area contributed by atoms with Crippen LogP contribution in [-0.4, -0.2) is 0 Å². The first-order valence-corrected chi connectivity index (χ1v) is 12.4. The van der Waals surface area contributed by atoms with E-state index in [1.54, 1.807) is 96.3 Å². The molecule has 0 radical (unpaired) electrons.